The largest absolute Gasteiger partial charge is 0.365 e. The van der Waals surface area contributed by atoms with E-state index >= 15 is 0 Å². The third-order valence-corrected chi connectivity index (χ3v) is 0.805. The fourth-order valence-electron chi connectivity index (χ4n) is 0.356. The van der Waals surface area contributed by atoms with Crippen LogP contribution in [0.25, 0.3) is 6.20 Å². The highest BCUT2D eigenvalue weighted by atomic mass is 35.5. The number of H-pyrrole nitrogens is 1. The molecule has 1 heterocycles. The van der Waals surface area contributed by atoms with Gasteiger partial charge in [-0.3, -0.25) is 0 Å². The van der Waals surface area contributed by atoms with Crippen molar-refractivity contribution < 1.29 is 0 Å². The lowest BCUT2D eigenvalue weighted by Gasteiger charge is -1.77. The molecule has 0 radical (unpaired) electrons. The monoisotopic (exact) mass is 146 g/mol. The zero-order valence-electron chi connectivity index (χ0n) is 4.28. The Morgan fingerprint density at radius 3 is 3.00 bits per heavy atom. The van der Waals surface area contributed by atoms with Crippen LogP contribution in [0.5, 0.6) is 0 Å². The number of halogens is 1. The molecule has 1 rings (SSSR count). The van der Waals surface area contributed by atoms with Crippen LogP contribution in [0.15, 0.2) is 10.3 Å². The molecule has 0 aliphatic heterocycles. The van der Waals surface area contributed by atoms with E-state index in [0.29, 0.717) is 0 Å². The Labute approximate surface area is 54.9 Å². The van der Waals surface area contributed by atoms with Gasteiger partial charge in [-0.2, -0.15) is 4.68 Å². The van der Waals surface area contributed by atoms with Crippen LogP contribution in [0.1, 0.15) is 0 Å². The normalized spacial score (nSPS) is 10.8. The summed E-state index contributed by atoms with van der Waals surface area (Å²) in [7, 11) is 0. The summed E-state index contributed by atoms with van der Waals surface area (Å²) in [6.45, 7) is 0. The molecule has 0 aliphatic carbocycles. The molecule has 5 nitrogen and oxygen atoms in total. The molecule has 0 saturated heterocycles. The SMILES string of the molecule is O=c1[nH]nnn1/C=C/Cl. The molecule has 0 bridgehead atoms. The van der Waals surface area contributed by atoms with Gasteiger partial charge in [-0.25, -0.2) is 9.89 Å². The van der Waals surface area contributed by atoms with E-state index in [9.17, 15) is 4.79 Å². The van der Waals surface area contributed by atoms with Crippen LogP contribution in [-0.4, -0.2) is 20.2 Å². The van der Waals surface area contributed by atoms with E-state index in [1.54, 1.807) is 0 Å². The molecular weight excluding hydrogens is 144 g/mol. The zero-order valence-corrected chi connectivity index (χ0v) is 5.04. The summed E-state index contributed by atoms with van der Waals surface area (Å²) in [5, 5.41) is 8.63. The van der Waals surface area contributed by atoms with Crippen molar-refractivity contribution >= 4 is 17.8 Å². The molecule has 0 spiro atoms. The highest BCUT2D eigenvalue weighted by molar-refractivity contribution is 6.26. The first-order valence-electron chi connectivity index (χ1n) is 2.11. The van der Waals surface area contributed by atoms with Crippen molar-refractivity contribution in [2.24, 2.45) is 0 Å². The number of aromatic nitrogens is 4. The van der Waals surface area contributed by atoms with Crippen molar-refractivity contribution in [3.63, 3.8) is 0 Å². The average Bonchev–Trinajstić information content (AvgIpc) is 2.18. The van der Waals surface area contributed by atoms with Crippen LogP contribution >= 0.6 is 11.6 Å². The number of hydrogen-bond acceptors (Lipinski definition) is 3. The third-order valence-electron chi connectivity index (χ3n) is 0.692. The fourth-order valence-corrected chi connectivity index (χ4v) is 0.463. The lowest BCUT2D eigenvalue weighted by molar-refractivity contribution is 0.813. The molecule has 1 aromatic heterocycles. The average molecular weight is 147 g/mol. The molecule has 0 fully saturated rings. The van der Waals surface area contributed by atoms with Crippen LogP contribution in [0.3, 0.4) is 0 Å². The summed E-state index contributed by atoms with van der Waals surface area (Å²) in [6, 6.07) is 0. The van der Waals surface area contributed by atoms with E-state index < -0.39 is 5.69 Å². The van der Waals surface area contributed by atoms with Crippen molar-refractivity contribution in [3.05, 3.63) is 16.0 Å². The van der Waals surface area contributed by atoms with Crippen molar-refractivity contribution in [3.8, 4) is 0 Å². The van der Waals surface area contributed by atoms with Crippen molar-refractivity contribution in [2.75, 3.05) is 0 Å². The Morgan fingerprint density at radius 1 is 1.78 bits per heavy atom. The number of hydrogen-bond donors (Lipinski definition) is 1. The van der Waals surface area contributed by atoms with Gasteiger partial charge in [-0.15, -0.1) is 0 Å². The lowest BCUT2D eigenvalue weighted by Crippen LogP contribution is -2.11. The Kier molecular flexibility index (Phi) is 1.64. The van der Waals surface area contributed by atoms with Crippen LogP contribution in [-0.2, 0) is 0 Å². The molecular formula is C3H3ClN4O. The minimum atomic E-state index is -0.410. The minimum absolute atomic E-state index is 0.410. The predicted octanol–water partition coefficient (Wildman–Crippen LogP) is -0.367. The van der Waals surface area contributed by atoms with Gasteiger partial charge >= 0.3 is 5.69 Å². The topological polar surface area (TPSA) is 63.6 Å². The highest BCUT2D eigenvalue weighted by Gasteiger charge is 1.89. The van der Waals surface area contributed by atoms with E-state index in [4.69, 9.17) is 11.6 Å². The van der Waals surface area contributed by atoms with E-state index in [0.717, 1.165) is 4.68 Å². The van der Waals surface area contributed by atoms with Gasteiger partial charge in [-0.05, 0) is 10.4 Å². The molecule has 0 unspecified atom stereocenters. The number of tetrazole rings is 1. The van der Waals surface area contributed by atoms with E-state index in [2.05, 4.69) is 15.5 Å². The third kappa shape index (κ3) is 1.17. The molecule has 48 valence electrons. The van der Waals surface area contributed by atoms with E-state index in [1.807, 2.05) is 0 Å². The quantitative estimate of drug-likeness (QED) is 0.588. The number of nitrogens with one attached hydrogen (secondary N) is 1. The maximum absolute atomic E-state index is 10.5. The Hall–Kier alpha value is -1.10. The van der Waals surface area contributed by atoms with Crippen LogP contribution < -0.4 is 5.69 Å². The van der Waals surface area contributed by atoms with Crippen molar-refractivity contribution in [1.29, 1.82) is 0 Å². The first-order valence-corrected chi connectivity index (χ1v) is 2.55. The maximum atomic E-state index is 10.5. The molecule has 6 heteroatoms. The van der Waals surface area contributed by atoms with Gasteiger partial charge in [-0.1, -0.05) is 11.6 Å². The lowest BCUT2D eigenvalue weighted by atomic mass is 11.0. The van der Waals surface area contributed by atoms with Gasteiger partial charge in [0.1, 0.15) is 0 Å². The predicted molar refractivity (Wildman–Crippen MR) is 31.8 cm³/mol. The Morgan fingerprint density at radius 2 is 2.56 bits per heavy atom. The van der Waals surface area contributed by atoms with Gasteiger partial charge in [0.25, 0.3) is 0 Å². The van der Waals surface area contributed by atoms with Gasteiger partial charge in [0.05, 0.1) is 0 Å². The molecule has 0 saturated carbocycles. The Balaban J connectivity index is 3.08. The molecule has 1 N–H and O–H groups in total. The Bertz CT molecular complexity index is 261. The summed E-state index contributed by atoms with van der Waals surface area (Å²) < 4.78 is 0.979. The van der Waals surface area contributed by atoms with E-state index in [1.165, 1.54) is 11.7 Å². The van der Waals surface area contributed by atoms with Crippen LogP contribution in [0.2, 0.25) is 0 Å². The second-order valence-electron chi connectivity index (χ2n) is 1.23. The maximum Gasteiger partial charge on any atom is 0.365 e. The second-order valence-corrected chi connectivity index (χ2v) is 1.48. The van der Waals surface area contributed by atoms with Gasteiger partial charge in [0.15, 0.2) is 0 Å². The van der Waals surface area contributed by atoms with Crippen LogP contribution in [0, 0.1) is 0 Å². The van der Waals surface area contributed by atoms with Gasteiger partial charge < -0.3 is 0 Å². The molecule has 0 amide bonds. The van der Waals surface area contributed by atoms with Crippen molar-refractivity contribution in [1.82, 2.24) is 20.2 Å². The highest BCUT2D eigenvalue weighted by Crippen LogP contribution is 1.77. The summed E-state index contributed by atoms with van der Waals surface area (Å²) in [5.41, 5.74) is 0.760. The molecule has 0 aliphatic rings. The second kappa shape index (κ2) is 2.45. The number of nitrogens with zero attached hydrogens (tertiary/aromatic N) is 3. The standard InChI is InChI=1S/C3H3ClN4O/c4-1-2-8-3(9)5-6-7-8/h1-2H,(H,5,7,9)/b2-1+. The van der Waals surface area contributed by atoms with Gasteiger partial charge in [0, 0.05) is 11.7 Å². The first kappa shape index (κ1) is 6.03. The summed E-state index contributed by atoms with van der Waals surface area (Å²) in [5.74, 6) is 0. The van der Waals surface area contributed by atoms with E-state index in [-0.39, 0.29) is 0 Å². The summed E-state index contributed by atoms with van der Waals surface area (Å²) >= 11 is 5.14. The summed E-state index contributed by atoms with van der Waals surface area (Å²) in [4.78, 5) is 10.5. The zero-order chi connectivity index (χ0) is 6.69. The fraction of sp³-hybridized carbons (Fsp3) is 0. The molecule has 0 atom stereocenters. The molecule has 9 heavy (non-hydrogen) atoms. The number of aromatic amines is 1. The summed E-state index contributed by atoms with van der Waals surface area (Å²) in [6.07, 6.45) is 1.29. The number of rotatable bonds is 1. The van der Waals surface area contributed by atoms with Gasteiger partial charge in [0.2, 0.25) is 0 Å². The molecule has 1 aromatic rings. The van der Waals surface area contributed by atoms with Crippen LogP contribution in [0.4, 0.5) is 0 Å². The molecule has 0 aromatic carbocycles. The van der Waals surface area contributed by atoms with Crippen molar-refractivity contribution in [2.45, 2.75) is 0 Å². The smallest absolute Gasteiger partial charge is 0.244 e. The minimum Gasteiger partial charge on any atom is -0.244 e. The first-order chi connectivity index (χ1) is 4.34.